The van der Waals surface area contributed by atoms with Gasteiger partial charge in [-0.2, -0.15) is 0 Å². The second kappa shape index (κ2) is 5.25. The van der Waals surface area contributed by atoms with E-state index >= 15 is 0 Å². The Morgan fingerprint density at radius 2 is 2.40 bits per heavy atom. The van der Waals surface area contributed by atoms with Gasteiger partial charge in [-0.05, 0) is 18.1 Å². The molecular weight excluding hydrogens is 281 g/mol. The SMILES string of the molecule is O=C(Cc1cccc(Cl)c1F)NC1CCn2ccnc21. The number of fused-ring (bicyclic) bond motifs is 1. The Kier molecular flexibility index (Phi) is 3.44. The lowest BCUT2D eigenvalue weighted by molar-refractivity contribution is -0.121. The molecule has 4 nitrogen and oxygen atoms in total. The van der Waals surface area contributed by atoms with Crippen molar-refractivity contribution >= 4 is 17.5 Å². The Hall–Kier alpha value is -1.88. The van der Waals surface area contributed by atoms with Crippen molar-refractivity contribution in [2.45, 2.75) is 25.4 Å². The summed E-state index contributed by atoms with van der Waals surface area (Å²) in [4.78, 5) is 16.2. The maximum Gasteiger partial charge on any atom is 0.225 e. The van der Waals surface area contributed by atoms with Crippen LogP contribution >= 0.6 is 11.6 Å². The van der Waals surface area contributed by atoms with Crippen molar-refractivity contribution in [1.82, 2.24) is 14.9 Å². The Labute approximate surface area is 120 Å². The Bertz CT molecular complexity index is 656. The van der Waals surface area contributed by atoms with Crippen LogP contribution in [0.1, 0.15) is 23.9 Å². The third-order valence-electron chi connectivity index (χ3n) is 3.44. The first kappa shape index (κ1) is 13.1. The summed E-state index contributed by atoms with van der Waals surface area (Å²) in [5.74, 6) is 0.0924. The summed E-state index contributed by atoms with van der Waals surface area (Å²) in [6.45, 7) is 0.839. The molecule has 0 aliphatic carbocycles. The molecule has 1 aliphatic heterocycles. The number of hydrogen-bond donors (Lipinski definition) is 1. The van der Waals surface area contributed by atoms with Crippen molar-refractivity contribution in [2.75, 3.05) is 0 Å². The summed E-state index contributed by atoms with van der Waals surface area (Å²) in [7, 11) is 0. The van der Waals surface area contributed by atoms with Gasteiger partial charge in [0, 0.05) is 18.9 Å². The predicted octanol–water partition coefficient (Wildman–Crippen LogP) is 2.48. The van der Waals surface area contributed by atoms with Crippen LogP contribution in [0.25, 0.3) is 0 Å². The number of hydrogen-bond acceptors (Lipinski definition) is 2. The Morgan fingerprint density at radius 3 is 3.25 bits per heavy atom. The second-order valence-electron chi connectivity index (χ2n) is 4.78. The van der Waals surface area contributed by atoms with Gasteiger partial charge in [0.05, 0.1) is 17.5 Å². The van der Waals surface area contributed by atoms with Crippen molar-refractivity contribution < 1.29 is 9.18 Å². The predicted molar refractivity (Wildman–Crippen MR) is 72.8 cm³/mol. The van der Waals surface area contributed by atoms with Crippen LogP contribution in [0.3, 0.4) is 0 Å². The topological polar surface area (TPSA) is 46.9 Å². The minimum Gasteiger partial charge on any atom is -0.346 e. The van der Waals surface area contributed by atoms with E-state index in [1.165, 1.54) is 6.07 Å². The first-order chi connectivity index (χ1) is 9.65. The van der Waals surface area contributed by atoms with E-state index in [1.807, 2.05) is 10.8 Å². The van der Waals surface area contributed by atoms with Crippen LogP contribution in [0.15, 0.2) is 30.6 Å². The zero-order chi connectivity index (χ0) is 14.1. The molecule has 1 aromatic heterocycles. The lowest BCUT2D eigenvalue weighted by atomic mass is 10.1. The highest BCUT2D eigenvalue weighted by Gasteiger charge is 2.25. The number of aromatic nitrogens is 2. The molecular formula is C14H13ClFN3O. The molecule has 6 heteroatoms. The van der Waals surface area contributed by atoms with Gasteiger partial charge >= 0.3 is 0 Å². The summed E-state index contributed by atoms with van der Waals surface area (Å²) in [6, 6.07) is 4.57. The highest BCUT2D eigenvalue weighted by atomic mass is 35.5. The quantitative estimate of drug-likeness (QED) is 0.945. The molecule has 3 rings (SSSR count). The molecule has 0 fully saturated rings. The highest BCUT2D eigenvalue weighted by molar-refractivity contribution is 6.30. The van der Waals surface area contributed by atoms with Crippen LogP contribution in [-0.2, 0) is 17.8 Å². The molecule has 0 spiro atoms. The summed E-state index contributed by atoms with van der Waals surface area (Å²) >= 11 is 5.70. The van der Waals surface area contributed by atoms with Crippen molar-refractivity contribution in [3.8, 4) is 0 Å². The fourth-order valence-corrected chi connectivity index (χ4v) is 2.65. The van der Waals surface area contributed by atoms with Crippen molar-refractivity contribution in [1.29, 1.82) is 0 Å². The molecule has 0 bridgehead atoms. The van der Waals surface area contributed by atoms with Gasteiger partial charge in [-0.1, -0.05) is 23.7 Å². The van der Waals surface area contributed by atoms with E-state index in [4.69, 9.17) is 11.6 Å². The molecule has 1 unspecified atom stereocenters. The monoisotopic (exact) mass is 293 g/mol. The molecule has 1 aliphatic rings. The number of halogens is 2. The molecule has 1 N–H and O–H groups in total. The summed E-state index contributed by atoms with van der Waals surface area (Å²) in [5.41, 5.74) is 0.302. The smallest absolute Gasteiger partial charge is 0.225 e. The summed E-state index contributed by atoms with van der Waals surface area (Å²) < 4.78 is 15.7. The molecule has 104 valence electrons. The number of rotatable bonds is 3. The van der Waals surface area contributed by atoms with Gasteiger partial charge in [0.1, 0.15) is 11.6 Å². The number of benzene rings is 1. The van der Waals surface area contributed by atoms with E-state index < -0.39 is 5.82 Å². The van der Waals surface area contributed by atoms with Crippen LogP contribution in [0.4, 0.5) is 4.39 Å². The number of aryl methyl sites for hydroxylation is 1. The number of nitrogens with one attached hydrogen (secondary N) is 1. The van der Waals surface area contributed by atoms with E-state index in [-0.39, 0.29) is 23.4 Å². The molecule has 20 heavy (non-hydrogen) atoms. The van der Waals surface area contributed by atoms with Gasteiger partial charge in [0.15, 0.2) is 0 Å². The average Bonchev–Trinajstić information content (AvgIpc) is 3.00. The largest absolute Gasteiger partial charge is 0.346 e. The third kappa shape index (κ3) is 2.41. The minimum absolute atomic E-state index is 0.0242. The van der Waals surface area contributed by atoms with Gasteiger partial charge in [-0.25, -0.2) is 9.37 Å². The fourth-order valence-electron chi connectivity index (χ4n) is 2.46. The average molecular weight is 294 g/mol. The molecule has 0 radical (unpaired) electrons. The van der Waals surface area contributed by atoms with E-state index in [0.717, 1.165) is 18.8 Å². The zero-order valence-electron chi connectivity index (χ0n) is 10.6. The van der Waals surface area contributed by atoms with Gasteiger partial charge in [-0.3, -0.25) is 4.79 Å². The molecule has 1 atom stereocenters. The normalized spacial score (nSPS) is 17.0. The van der Waals surface area contributed by atoms with Crippen LogP contribution < -0.4 is 5.32 Å². The standard InChI is InChI=1S/C14H13ClFN3O/c15-10-3-1-2-9(13(10)16)8-12(20)18-11-4-6-19-7-5-17-14(11)19/h1-3,5,7,11H,4,6,8H2,(H,18,20). The summed E-state index contributed by atoms with van der Waals surface area (Å²) in [5, 5.41) is 2.92. The second-order valence-corrected chi connectivity index (χ2v) is 5.18. The van der Waals surface area contributed by atoms with Crippen LogP contribution in [0.5, 0.6) is 0 Å². The van der Waals surface area contributed by atoms with Gasteiger partial charge in [-0.15, -0.1) is 0 Å². The zero-order valence-corrected chi connectivity index (χ0v) is 11.4. The maximum atomic E-state index is 13.7. The number of carbonyl (C=O) groups excluding carboxylic acids is 1. The first-order valence-corrected chi connectivity index (χ1v) is 6.76. The third-order valence-corrected chi connectivity index (χ3v) is 3.73. The lowest BCUT2D eigenvalue weighted by Gasteiger charge is -2.11. The van der Waals surface area contributed by atoms with Crippen LogP contribution in [0, 0.1) is 5.82 Å². The Balaban J connectivity index is 1.68. The van der Waals surface area contributed by atoms with E-state index in [1.54, 1.807) is 18.3 Å². The maximum absolute atomic E-state index is 13.7. The molecule has 2 aromatic rings. The molecule has 0 saturated carbocycles. The first-order valence-electron chi connectivity index (χ1n) is 6.38. The van der Waals surface area contributed by atoms with Gasteiger partial charge < -0.3 is 9.88 Å². The van der Waals surface area contributed by atoms with E-state index in [9.17, 15) is 9.18 Å². The number of carbonyl (C=O) groups is 1. The van der Waals surface area contributed by atoms with Crippen LogP contribution in [0.2, 0.25) is 5.02 Å². The van der Waals surface area contributed by atoms with Gasteiger partial charge in [0.2, 0.25) is 5.91 Å². The molecule has 1 aromatic carbocycles. The highest BCUT2D eigenvalue weighted by Crippen LogP contribution is 2.24. The number of nitrogens with zero attached hydrogens (tertiary/aromatic N) is 2. The molecule has 2 heterocycles. The van der Waals surface area contributed by atoms with E-state index in [2.05, 4.69) is 10.3 Å². The van der Waals surface area contributed by atoms with Crippen LogP contribution in [-0.4, -0.2) is 15.5 Å². The minimum atomic E-state index is -0.530. The fraction of sp³-hybridized carbons (Fsp3) is 0.286. The van der Waals surface area contributed by atoms with Crippen molar-refractivity contribution in [3.05, 3.63) is 52.8 Å². The lowest BCUT2D eigenvalue weighted by Crippen LogP contribution is -2.29. The molecule has 0 saturated heterocycles. The number of imidazole rings is 1. The van der Waals surface area contributed by atoms with E-state index in [0.29, 0.717) is 5.56 Å². The van der Waals surface area contributed by atoms with Gasteiger partial charge in [0.25, 0.3) is 0 Å². The molecule has 1 amide bonds. The summed E-state index contributed by atoms with van der Waals surface area (Å²) in [6.07, 6.45) is 4.39. The number of amides is 1. The Morgan fingerprint density at radius 1 is 1.55 bits per heavy atom. The van der Waals surface area contributed by atoms with Crippen molar-refractivity contribution in [3.63, 3.8) is 0 Å². The van der Waals surface area contributed by atoms with Crippen molar-refractivity contribution in [2.24, 2.45) is 0 Å².